The summed E-state index contributed by atoms with van der Waals surface area (Å²) in [5, 5.41) is 0.578. The zero-order valence-corrected chi connectivity index (χ0v) is 8.40. The average molecular weight is 223 g/mol. The number of rotatable bonds is 3. The van der Waals surface area contributed by atoms with Gasteiger partial charge in [0.2, 0.25) is 0 Å². The molecule has 0 saturated heterocycles. The Morgan fingerprint density at radius 1 is 1.27 bits per heavy atom. The van der Waals surface area contributed by atoms with E-state index < -0.39 is 0 Å². The number of hydrogen-bond donors (Lipinski definition) is 0. The summed E-state index contributed by atoms with van der Waals surface area (Å²) >= 11 is 5.78. The number of hydrogen-bond acceptors (Lipinski definition) is 3. The molecular weight excluding hydrogens is 216 g/mol. The molecule has 1 heterocycles. The molecular formula is C11H7ClO3. The van der Waals surface area contributed by atoms with E-state index in [0.29, 0.717) is 17.1 Å². The Hall–Kier alpha value is -1.74. The molecule has 0 amide bonds. The first kappa shape index (κ1) is 9.80. The molecule has 0 fully saturated rings. The van der Waals surface area contributed by atoms with Crippen molar-refractivity contribution < 1.29 is 13.9 Å². The molecule has 15 heavy (non-hydrogen) atoms. The molecule has 0 unspecified atom stereocenters. The van der Waals surface area contributed by atoms with Crippen LogP contribution in [-0.4, -0.2) is 6.29 Å². The number of carbonyl (C=O) groups is 1. The van der Waals surface area contributed by atoms with Crippen molar-refractivity contribution >= 4 is 17.9 Å². The Morgan fingerprint density at radius 3 is 2.80 bits per heavy atom. The van der Waals surface area contributed by atoms with Gasteiger partial charge in [-0.1, -0.05) is 17.7 Å². The van der Waals surface area contributed by atoms with Gasteiger partial charge in [0.1, 0.15) is 5.75 Å². The van der Waals surface area contributed by atoms with Gasteiger partial charge in [0.15, 0.2) is 12.0 Å². The van der Waals surface area contributed by atoms with E-state index in [-0.39, 0.29) is 11.7 Å². The second-order valence-corrected chi connectivity index (χ2v) is 3.27. The minimum absolute atomic E-state index is 0.229. The summed E-state index contributed by atoms with van der Waals surface area (Å²) in [7, 11) is 0. The van der Waals surface area contributed by atoms with E-state index in [0.717, 1.165) is 0 Å². The molecule has 0 bridgehead atoms. The van der Waals surface area contributed by atoms with Crippen LogP contribution in [0, 0.1) is 0 Å². The van der Waals surface area contributed by atoms with Crippen LogP contribution >= 0.6 is 11.6 Å². The molecule has 0 aliphatic rings. The number of benzene rings is 1. The van der Waals surface area contributed by atoms with Gasteiger partial charge in [0.05, 0.1) is 0 Å². The molecule has 0 spiro atoms. The van der Waals surface area contributed by atoms with Gasteiger partial charge in [-0.05, 0) is 24.3 Å². The molecule has 0 aliphatic carbocycles. The highest BCUT2D eigenvalue weighted by atomic mass is 35.5. The van der Waals surface area contributed by atoms with Crippen molar-refractivity contribution in [3.63, 3.8) is 0 Å². The summed E-state index contributed by atoms with van der Waals surface area (Å²) in [6, 6.07) is 10.0. The van der Waals surface area contributed by atoms with Crippen molar-refractivity contribution in [3.05, 3.63) is 47.2 Å². The number of halogens is 1. The lowest BCUT2D eigenvalue weighted by Crippen LogP contribution is -1.80. The number of carbonyl (C=O) groups excluding carboxylic acids is 1. The summed E-state index contributed by atoms with van der Waals surface area (Å²) in [5.41, 5.74) is 0. The quantitative estimate of drug-likeness (QED) is 0.746. The lowest BCUT2D eigenvalue weighted by Gasteiger charge is -2.01. The third-order valence-electron chi connectivity index (χ3n) is 1.73. The first-order chi connectivity index (χ1) is 7.28. The molecule has 1 aromatic heterocycles. The SMILES string of the molecule is O=Cc1ccc(Oc2cccc(Cl)c2)o1. The lowest BCUT2D eigenvalue weighted by atomic mass is 10.3. The van der Waals surface area contributed by atoms with E-state index in [1.165, 1.54) is 6.07 Å². The Labute approximate surface area is 91.2 Å². The summed E-state index contributed by atoms with van der Waals surface area (Å²) in [5.74, 6) is 1.06. The minimum Gasteiger partial charge on any atom is -0.426 e. The average Bonchev–Trinajstić information content (AvgIpc) is 2.65. The fourth-order valence-electron chi connectivity index (χ4n) is 1.10. The number of ether oxygens (including phenoxy) is 1. The molecule has 76 valence electrons. The Kier molecular flexibility index (Phi) is 2.74. The third-order valence-corrected chi connectivity index (χ3v) is 1.97. The maximum Gasteiger partial charge on any atom is 0.290 e. The van der Waals surface area contributed by atoms with Gasteiger partial charge < -0.3 is 9.15 Å². The van der Waals surface area contributed by atoms with Crippen LogP contribution in [0.2, 0.25) is 5.02 Å². The van der Waals surface area contributed by atoms with Crippen molar-refractivity contribution in [1.29, 1.82) is 0 Å². The van der Waals surface area contributed by atoms with Gasteiger partial charge in [0.25, 0.3) is 5.95 Å². The van der Waals surface area contributed by atoms with Crippen molar-refractivity contribution in [2.45, 2.75) is 0 Å². The fourth-order valence-corrected chi connectivity index (χ4v) is 1.28. The maximum absolute atomic E-state index is 10.4. The topological polar surface area (TPSA) is 39.4 Å². The second kappa shape index (κ2) is 4.19. The summed E-state index contributed by atoms with van der Waals surface area (Å²) in [6.07, 6.45) is 0.616. The van der Waals surface area contributed by atoms with Crippen molar-refractivity contribution in [3.8, 4) is 11.7 Å². The van der Waals surface area contributed by atoms with Gasteiger partial charge in [-0.15, -0.1) is 0 Å². The summed E-state index contributed by atoms with van der Waals surface area (Å²) < 4.78 is 10.4. The van der Waals surface area contributed by atoms with Crippen LogP contribution in [-0.2, 0) is 0 Å². The number of furan rings is 1. The van der Waals surface area contributed by atoms with E-state index in [1.807, 2.05) is 0 Å². The first-order valence-electron chi connectivity index (χ1n) is 4.26. The zero-order chi connectivity index (χ0) is 10.7. The molecule has 3 nitrogen and oxygen atoms in total. The van der Waals surface area contributed by atoms with E-state index in [4.69, 9.17) is 20.8 Å². The van der Waals surface area contributed by atoms with Crippen LogP contribution in [0.3, 0.4) is 0 Å². The molecule has 0 radical (unpaired) electrons. The second-order valence-electron chi connectivity index (χ2n) is 2.83. The van der Waals surface area contributed by atoms with Crippen molar-refractivity contribution in [1.82, 2.24) is 0 Å². The Morgan fingerprint density at radius 2 is 2.13 bits per heavy atom. The maximum atomic E-state index is 10.4. The molecule has 0 saturated carbocycles. The predicted octanol–water partition coefficient (Wildman–Crippen LogP) is 3.54. The Balaban J connectivity index is 2.18. The molecule has 2 aromatic rings. The normalized spacial score (nSPS) is 9.93. The van der Waals surface area contributed by atoms with Crippen LogP contribution < -0.4 is 4.74 Å². The standard InChI is InChI=1S/C11H7ClO3/c12-8-2-1-3-9(6-8)14-11-5-4-10(7-13)15-11/h1-7H. The molecule has 0 N–H and O–H groups in total. The van der Waals surface area contributed by atoms with Gasteiger partial charge in [-0.25, -0.2) is 0 Å². The van der Waals surface area contributed by atoms with Crippen LogP contribution in [0.1, 0.15) is 10.6 Å². The van der Waals surface area contributed by atoms with Gasteiger partial charge in [-0.2, -0.15) is 0 Å². The summed E-state index contributed by atoms with van der Waals surface area (Å²) in [4.78, 5) is 10.4. The first-order valence-corrected chi connectivity index (χ1v) is 4.64. The Bertz CT molecular complexity index is 476. The predicted molar refractivity (Wildman–Crippen MR) is 55.6 cm³/mol. The third kappa shape index (κ3) is 2.39. The van der Waals surface area contributed by atoms with Gasteiger partial charge in [-0.3, -0.25) is 4.79 Å². The van der Waals surface area contributed by atoms with E-state index in [2.05, 4.69) is 0 Å². The lowest BCUT2D eigenvalue weighted by molar-refractivity contribution is 0.109. The zero-order valence-electron chi connectivity index (χ0n) is 7.64. The molecule has 0 atom stereocenters. The molecule has 1 aromatic carbocycles. The number of aldehydes is 1. The molecule has 4 heteroatoms. The van der Waals surface area contributed by atoms with Gasteiger partial charge >= 0.3 is 0 Å². The van der Waals surface area contributed by atoms with E-state index in [1.54, 1.807) is 30.3 Å². The van der Waals surface area contributed by atoms with Crippen molar-refractivity contribution in [2.75, 3.05) is 0 Å². The van der Waals surface area contributed by atoms with Gasteiger partial charge in [0, 0.05) is 11.1 Å². The van der Waals surface area contributed by atoms with E-state index in [9.17, 15) is 4.79 Å². The monoisotopic (exact) mass is 222 g/mol. The minimum atomic E-state index is 0.229. The summed E-state index contributed by atoms with van der Waals surface area (Å²) in [6.45, 7) is 0. The highest BCUT2D eigenvalue weighted by Gasteiger charge is 2.03. The van der Waals surface area contributed by atoms with Crippen LogP contribution in [0.5, 0.6) is 11.7 Å². The smallest absolute Gasteiger partial charge is 0.290 e. The van der Waals surface area contributed by atoms with Crippen LogP contribution in [0.15, 0.2) is 40.8 Å². The highest BCUT2D eigenvalue weighted by molar-refractivity contribution is 6.30. The van der Waals surface area contributed by atoms with E-state index >= 15 is 0 Å². The van der Waals surface area contributed by atoms with Crippen LogP contribution in [0.25, 0.3) is 0 Å². The van der Waals surface area contributed by atoms with Crippen molar-refractivity contribution in [2.24, 2.45) is 0 Å². The van der Waals surface area contributed by atoms with Crippen LogP contribution in [0.4, 0.5) is 0 Å². The highest BCUT2D eigenvalue weighted by Crippen LogP contribution is 2.25. The molecule has 0 aliphatic heterocycles. The fraction of sp³-hybridized carbons (Fsp3) is 0. The largest absolute Gasteiger partial charge is 0.426 e. The molecule has 2 rings (SSSR count).